The van der Waals surface area contributed by atoms with Crippen molar-refractivity contribution in [2.75, 3.05) is 18.1 Å². The van der Waals surface area contributed by atoms with Crippen LogP contribution in [0.4, 0.5) is 5.82 Å². The van der Waals surface area contributed by atoms with E-state index in [-0.39, 0.29) is 6.61 Å². The lowest BCUT2D eigenvalue weighted by Crippen LogP contribution is -2.24. The van der Waals surface area contributed by atoms with E-state index in [4.69, 9.17) is 5.11 Å². The summed E-state index contributed by atoms with van der Waals surface area (Å²) in [5.74, 6) is 1.73. The molecule has 1 unspecified atom stereocenters. The van der Waals surface area contributed by atoms with E-state index in [0.717, 1.165) is 47.1 Å². The molecule has 0 saturated heterocycles. The van der Waals surface area contributed by atoms with Gasteiger partial charge >= 0.3 is 0 Å². The van der Waals surface area contributed by atoms with Gasteiger partial charge < -0.3 is 15.1 Å². The van der Waals surface area contributed by atoms with Crippen LogP contribution in [-0.4, -0.2) is 43.1 Å². The first-order valence-corrected chi connectivity index (χ1v) is 8.86. The highest BCUT2D eigenvalue weighted by atomic mass is 32.1. The van der Waals surface area contributed by atoms with Crippen LogP contribution in [0.25, 0.3) is 10.2 Å². The van der Waals surface area contributed by atoms with Gasteiger partial charge in [-0.3, -0.25) is 4.68 Å². The fraction of sp³-hybridized carbons (Fsp3) is 0.438. The standard InChI is InChI=1S/C16H19N5O2S/c1-10-17-15(12-3-6-24-16(12)18-10)20-4-2-5-21-11(8-20)7-13(19-21)14(23)9-22/h3,6-7,14,22-23H,2,4-5,8-9H2,1H3. The van der Waals surface area contributed by atoms with E-state index in [0.29, 0.717) is 12.2 Å². The molecule has 24 heavy (non-hydrogen) atoms. The topological polar surface area (TPSA) is 87.3 Å². The highest BCUT2D eigenvalue weighted by Gasteiger charge is 2.22. The van der Waals surface area contributed by atoms with Gasteiger partial charge in [0.2, 0.25) is 0 Å². The zero-order valence-electron chi connectivity index (χ0n) is 13.4. The van der Waals surface area contributed by atoms with Crippen molar-refractivity contribution < 1.29 is 10.2 Å². The molecule has 2 N–H and O–H groups in total. The molecule has 0 amide bonds. The number of aliphatic hydroxyl groups is 2. The number of anilines is 1. The maximum Gasteiger partial charge on any atom is 0.141 e. The molecule has 0 spiro atoms. The summed E-state index contributed by atoms with van der Waals surface area (Å²) in [6, 6.07) is 3.94. The van der Waals surface area contributed by atoms with Gasteiger partial charge in [0.1, 0.15) is 22.6 Å². The molecule has 1 aliphatic heterocycles. The number of hydrogen-bond donors (Lipinski definition) is 2. The molecule has 0 aliphatic carbocycles. The maximum absolute atomic E-state index is 9.82. The van der Waals surface area contributed by atoms with Crippen LogP contribution in [0.1, 0.15) is 29.7 Å². The maximum atomic E-state index is 9.82. The quantitative estimate of drug-likeness (QED) is 0.750. The third-order valence-corrected chi connectivity index (χ3v) is 5.07. The van der Waals surface area contributed by atoms with Crippen LogP contribution in [0, 0.1) is 6.92 Å². The number of hydrogen-bond acceptors (Lipinski definition) is 7. The summed E-state index contributed by atoms with van der Waals surface area (Å²) in [6.45, 7) is 3.96. The smallest absolute Gasteiger partial charge is 0.141 e. The van der Waals surface area contributed by atoms with E-state index in [2.05, 4.69) is 26.0 Å². The summed E-state index contributed by atoms with van der Waals surface area (Å²) in [7, 11) is 0. The molecular weight excluding hydrogens is 326 g/mol. The summed E-state index contributed by atoms with van der Waals surface area (Å²) in [5.41, 5.74) is 1.54. The Kier molecular flexibility index (Phi) is 3.95. The van der Waals surface area contributed by atoms with Gasteiger partial charge in [0.25, 0.3) is 0 Å². The predicted molar refractivity (Wildman–Crippen MR) is 92.1 cm³/mol. The molecular formula is C16H19N5O2S. The summed E-state index contributed by atoms with van der Waals surface area (Å²) >= 11 is 1.63. The number of aliphatic hydroxyl groups excluding tert-OH is 2. The lowest BCUT2D eigenvalue weighted by Gasteiger charge is -2.22. The molecule has 1 aliphatic rings. The molecule has 126 valence electrons. The lowest BCUT2D eigenvalue weighted by atomic mass is 10.2. The van der Waals surface area contributed by atoms with Crippen LogP contribution in [0.5, 0.6) is 0 Å². The van der Waals surface area contributed by atoms with Crippen molar-refractivity contribution in [3.63, 3.8) is 0 Å². The second-order valence-corrected chi connectivity index (χ2v) is 6.89. The van der Waals surface area contributed by atoms with Crippen LogP contribution in [0.3, 0.4) is 0 Å². The van der Waals surface area contributed by atoms with E-state index in [1.807, 2.05) is 23.1 Å². The Morgan fingerprint density at radius 3 is 3.04 bits per heavy atom. The summed E-state index contributed by atoms with van der Waals surface area (Å²) in [6.07, 6.45) is 0.0145. The van der Waals surface area contributed by atoms with E-state index in [1.54, 1.807) is 11.3 Å². The van der Waals surface area contributed by atoms with Gasteiger partial charge in [0, 0.05) is 13.1 Å². The fourth-order valence-corrected chi connectivity index (χ4v) is 3.91. The monoisotopic (exact) mass is 345 g/mol. The third-order valence-electron chi connectivity index (χ3n) is 4.26. The molecule has 0 saturated carbocycles. The van der Waals surface area contributed by atoms with Crippen molar-refractivity contribution in [3.05, 3.63) is 34.7 Å². The Balaban J connectivity index is 1.72. The first-order chi connectivity index (χ1) is 11.7. The highest BCUT2D eigenvalue weighted by molar-refractivity contribution is 7.16. The molecule has 0 aromatic carbocycles. The zero-order chi connectivity index (χ0) is 16.7. The molecule has 0 bridgehead atoms. The van der Waals surface area contributed by atoms with Crippen molar-refractivity contribution in [1.82, 2.24) is 19.7 Å². The first-order valence-electron chi connectivity index (χ1n) is 7.98. The number of rotatable bonds is 3. The molecule has 3 aromatic rings. The van der Waals surface area contributed by atoms with Gasteiger partial charge in [-0.2, -0.15) is 5.10 Å². The zero-order valence-corrected chi connectivity index (χ0v) is 14.2. The minimum Gasteiger partial charge on any atom is -0.393 e. The first kappa shape index (κ1) is 15.5. The van der Waals surface area contributed by atoms with E-state index in [1.165, 1.54) is 0 Å². The molecule has 4 rings (SSSR count). The Morgan fingerprint density at radius 1 is 1.33 bits per heavy atom. The van der Waals surface area contributed by atoms with Gasteiger partial charge in [0.05, 0.1) is 29.9 Å². The molecule has 8 heteroatoms. The van der Waals surface area contributed by atoms with E-state index in [9.17, 15) is 5.11 Å². The molecule has 0 fully saturated rings. The van der Waals surface area contributed by atoms with Crippen LogP contribution in [0.2, 0.25) is 0 Å². The Bertz CT molecular complexity index is 875. The van der Waals surface area contributed by atoms with Gasteiger partial charge in [-0.25, -0.2) is 9.97 Å². The second-order valence-electron chi connectivity index (χ2n) is 5.99. The number of fused-ring (bicyclic) bond motifs is 2. The lowest BCUT2D eigenvalue weighted by molar-refractivity contribution is 0.0916. The van der Waals surface area contributed by atoms with E-state index < -0.39 is 6.10 Å². The van der Waals surface area contributed by atoms with Gasteiger partial charge in [0.15, 0.2) is 0 Å². The third kappa shape index (κ3) is 2.66. The van der Waals surface area contributed by atoms with Crippen LogP contribution in [-0.2, 0) is 13.1 Å². The SMILES string of the molecule is Cc1nc(N2CCCn3nc(C(O)CO)cc3C2)c2ccsc2n1. The normalized spacial score (nSPS) is 16.2. The Morgan fingerprint density at radius 2 is 2.21 bits per heavy atom. The molecule has 3 aromatic heterocycles. The fourth-order valence-electron chi connectivity index (χ4n) is 3.11. The van der Waals surface area contributed by atoms with Crippen LogP contribution < -0.4 is 4.90 Å². The average Bonchev–Trinajstić information content (AvgIpc) is 3.15. The average molecular weight is 345 g/mol. The van der Waals surface area contributed by atoms with Crippen molar-refractivity contribution in [2.45, 2.75) is 32.5 Å². The second kappa shape index (κ2) is 6.12. The van der Waals surface area contributed by atoms with E-state index >= 15 is 0 Å². The Labute approximate surface area is 143 Å². The minimum atomic E-state index is -0.928. The number of nitrogens with zero attached hydrogens (tertiary/aromatic N) is 5. The molecule has 7 nitrogen and oxygen atoms in total. The molecule has 0 radical (unpaired) electrons. The number of aryl methyl sites for hydroxylation is 2. The molecule has 1 atom stereocenters. The van der Waals surface area contributed by atoms with Crippen molar-refractivity contribution in [2.24, 2.45) is 0 Å². The molecule has 4 heterocycles. The van der Waals surface area contributed by atoms with Gasteiger partial charge in [-0.1, -0.05) is 0 Å². The van der Waals surface area contributed by atoms with Crippen molar-refractivity contribution in [1.29, 1.82) is 0 Å². The van der Waals surface area contributed by atoms with Crippen LogP contribution >= 0.6 is 11.3 Å². The summed E-state index contributed by atoms with van der Waals surface area (Å²) in [5, 5.41) is 26.5. The largest absolute Gasteiger partial charge is 0.393 e. The summed E-state index contributed by atoms with van der Waals surface area (Å²) < 4.78 is 1.92. The highest BCUT2D eigenvalue weighted by Crippen LogP contribution is 2.30. The summed E-state index contributed by atoms with van der Waals surface area (Å²) in [4.78, 5) is 12.4. The van der Waals surface area contributed by atoms with Crippen LogP contribution in [0.15, 0.2) is 17.5 Å². The number of aromatic nitrogens is 4. The van der Waals surface area contributed by atoms with Crippen molar-refractivity contribution >= 4 is 27.4 Å². The Hall–Kier alpha value is -2.03. The van der Waals surface area contributed by atoms with Crippen molar-refractivity contribution in [3.8, 4) is 0 Å². The minimum absolute atomic E-state index is 0.319. The van der Waals surface area contributed by atoms with Gasteiger partial charge in [-0.05, 0) is 30.9 Å². The predicted octanol–water partition coefficient (Wildman–Crippen LogP) is 1.63. The number of thiophene rings is 1. The van der Waals surface area contributed by atoms with Gasteiger partial charge in [-0.15, -0.1) is 11.3 Å².